The van der Waals surface area contributed by atoms with E-state index in [9.17, 15) is 13.2 Å². The number of rotatable bonds is 5. The molecule has 1 aromatic rings. The Morgan fingerprint density at radius 1 is 1.37 bits per heavy atom. The van der Waals surface area contributed by atoms with E-state index < -0.39 is 22.0 Å². The predicted molar refractivity (Wildman–Crippen MR) is 72.3 cm³/mol. The summed E-state index contributed by atoms with van der Waals surface area (Å²) < 4.78 is 26.3. The molecule has 1 heterocycles. The molecule has 0 aliphatic carbocycles. The quantitative estimate of drug-likeness (QED) is 0.847. The van der Waals surface area contributed by atoms with Gasteiger partial charge < -0.3 is 5.32 Å². The highest BCUT2D eigenvalue weighted by Crippen LogP contribution is 2.19. The number of carbonyl (C=O) groups is 1. The second-order valence-electron chi connectivity index (χ2n) is 4.31. The average Bonchev–Trinajstić information content (AvgIpc) is 2.27. The smallest absolute Gasteiger partial charge is 0.244 e. The van der Waals surface area contributed by atoms with Crippen molar-refractivity contribution in [3.8, 4) is 0 Å². The highest BCUT2D eigenvalue weighted by Gasteiger charge is 2.24. The molecule has 0 bridgehead atoms. The molecule has 1 aromatic heterocycles. The number of carbonyl (C=O) groups excluding carboxylic acids is 1. The zero-order chi connectivity index (χ0) is 14.6. The molecule has 1 amide bonds. The van der Waals surface area contributed by atoms with Crippen LogP contribution in [-0.4, -0.2) is 31.4 Å². The van der Waals surface area contributed by atoms with E-state index in [0.29, 0.717) is 0 Å². The van der Waals surface area contributed by atoms with Gasteiger partial charge in [-0.15, -0.1) is 0 Å². The lowest BCUT2D eigenvalue weighted by Gasteiger charge is -2.16. The van der Waals surface area contributed by atoms with Crippen molar-refractivity contribution in [1.29, 1.82) is 0 Å². The van der Waals surface area contributed by atoms with Crippen LogP contribution in [0.25, 0.3) is 0 Å². The zero-order valence-electron chi connectivity index (χ0n) is 10.8. The second kappa shape index (κ2) is 6.31. The Bertz CT molecular complexity index is 560. The van der Waals surface area contributed by atoms with Crippen molar-refractivity contribution in [1.82, 2.24) is 15.0 Å². The maximum atomic E-state index is 12.0. The largest absolute Gasteiger partial charge is 0.353 e. The summed E-state index contributed by atoms with van der Waals surface area (Å²) in [6.07, 6.45) is 2.52. The van der Waals surface area contributed by atoms with E-state index in [1.54, 1.807) is 13.8 Å². The predicted octanol–water partition coefficient (Wildman–Crippen LogP) is 0.926. The van der Waals surface area contributed by atoms with Gasteiger partial charge in [-0.25, -0.2) is 8.42 Å². The molecule has 0 fully saturated rings. The van der Waals surface area contributed by atoms with Crippen LogP contribution in [0.1, 0.15) is 20.8 Å². The number of hydrogen-bond acceptors (Lipinski definition) is 4. The van der Waals surface area contributed by atoms with Crippen LogP contribution in [0.15, 0.2) is 23.4 Å². The van der Waals surface area contributed by atoms with Gasteiger partial charge >= 0.3 is 0 Å². The molecule has 0 aliphatic heterocycles. The van der Waals surface area contributed by atoms with Gasteiger partial charge in [0.15, 0.2) is 0 Å². The lowest BCUT2D eigenvalue weighted by Crippen LogP contribution is -2.46. The first-order valence-electron chi connectivity index (χ1n) is 5.66. The molecule has 2 N–H and O–H groups in total. The van der Waals surface area contributed by atoms with Gasteiger partial charge in [0.05, 0.1) is 11.1 Å². The monoisotopic (exact) mass is 305 g/mol. The van der Waals surface area contributed by atoms with Gasteiger partial charge in [0.2, 0.25) is 15.9 Å². The summed E-state index contributed by atoms with van der Waals surface area (Å²) in [6.45, 7) is 5.04. The summed E-state index contributed by atoms with van der Waals surface area (Å²) in [5.41, 5.74) is 0. The molecule has 8 heteroatoms. The molecular formula is C11H16ClN3O3S. The number of sulfonamides is 1. The summed E-state index contributed by atoms with van der Waals surface area (Å²) in [5.74, 6) is -0.404. The SMILES string of the molecule is CC(C)NC(=O)C(C)NS(=O)(=O)c1cnccc1Cl. The molecule has 0 saturated carbocycles. The fourth-order valence-electron chi connectivity index (χ4n) is 1.32. The minimum atomic E-state index is -3.88. The number of aromatic nitrogens is 1. The number of pyridine rings is 1. The summed E-state index contributed by atoms with van der Waals surface area (Å²) in [5, 5.41) is 2.67. The molecule has 0 radical (unpaired) electrons. The van der Waals surface area contributed by atoms with Crippen molar-refractivity contribution in [3.05, 3.63) is 23.5 Å². The van der Waals surface area contributed by atoms with Gasteiger partial charge in [0, 0.05) is 18.4 Å². The van der Waals surface area contributed by atoms with Crippen molar-refractivity contribution in [2.45, 2.75) is 37.8 Å². The molecule has 1 atom stereocenters. The second-order valence-corrected chi connectivity index (χ2v) is 6.40. The maximum Gasteiger partial charge on any atom is 0.244 e. The molecule has 0 aliphatic rings. The Hall–Kier alpha value is -1.18. The lowest BCUT2D eigenvalue weighted by molar-refractivity contribution is -0.122. The third kappa shape index (κ3) is 4.45. The summed E-state index contributed by atoms with van der Waals surface area (Å²) in [4.78, 5) is 15.2. The van der Waals surface area contributed by atoms with Crippen LogP contribution in [-0.2, 0) is 14.8 Å². The zero-order valence-corrected chi connectivity index (χ0v) is 12.4. The highest BCUT2D eigenvalue weighted by atomic mass is 35.5. The molecule has 106 valence electrons. The summed E-state index contributed by atoms with van der Waals surface area (Å²) in [7, 11) is -3.88. The third-order valence-electron chi connectivity index (χ3n) is 2.18. The van der Waals surface area contributed by atoms with Crippen molar-refractivity contribution in [2.75, 3.05) is 0 Å². The van der Waals surface area contributed by atoms with Crippen LogP contribution in [0.4, 0.5) is 0 Å². The summed E-state index contributed by atoms with van der Waals surface area (Å²) in [6, 6.07) is 0.403. The van der Waals surface area contributed by atoms with Crippen LogP contribution in [0, 0.1) is 0 Å². The van der Waals surface area contributed by atoms with Crippen LogP contribution in [0.3, 0.4) is 0 Å². The van der Waals surface area contributed by atoms with Gasteiger partial charge in [-0.05, 0) is 26.8 Å². The number of nitrogens with one attached hydrogen (secondary N) is 2. The van der Waals surface area contributed by atoms with E-state index in [4.69, 9.17) is 11.6 Å². The van der Waals surface area contributed by atoms with E-state index in [2.05, 4.69) is 15.0 Å². The number of nitrogens with zero attached hydrogens (tertiary/aromatic N) is 1. The van der Waals surface area contributed by atoms with Gasteiger partial charge in [0.25, 0.3) is 0 Å². The molecule has 6 nitrogen and oxygen atoms in total. The highest BCUT2D eigenvalue weighted by molar-refractivity contribution is 7.89. The molecule has 1 rings (SSSR count). The Morgan fingerprint density at radius 2 is 2.00 bits per heavy atom. The van der Waals surface area contributed by atoms with E-state index >= 15 is 0 Å². The molecule has 0 spiro atoms. The van der Waals surface area contributed by atoms with Crippen molar-refractivity contribution in [3.63, 3.8) is 0 Å². The molecule has 0 aromatic carbocycles. The van der Waals surface area contributed by atoms with Crippen LogP contribution in [0.5, 0.6) is 0 Å². The standard InChI is InChI=1S/C11H16ClN3O3S/c1-7(2)14-11(16)8(3)15-19(17,18)10-6-13-5-4-9(10)12/h4-8,15H,1-3H3,(H,14,16). The van der Waals surface area contributed by atoms with Crippen molar-refractivity contribution in [2.24, 2.45) is 0 Å². The van der Waals surface area contributed by atoms with Crippen LogP contribution < -0.4 is 10.0 Å². The normalized spacial score (nSPS) is 13.3. The Balaban J connectivity index is 2.87. The summed E-state index contributed by atoms with van der Waals surface area (Å²) >= 11 is 5.80. The molecule has 1 unspecified atom stereocenters. The molecule has 0 saturated heterocycles. The molecular weight excluding hydrogens is 290 g/mol. The van der Waals surface area contributed by atoms with E-state index in [-0.39, 0.29) is 16.0 Å². The third-order valence-corrected chi connectivity index (χ3v) is 4.19. The Kier molecular flexibility index (Phi) is 5.28. The minimum Gasteiger partial charge on any atom is -0.353 e. The fourth-order valence-corrected chi connectivity index (χ4v) is 2.95. The number of hydrogen-bond donors (Lipinski definition) is 2. The van der Waals surface area contributed by atoms with Crippen molar-refractivity contribution < 1.29 is 13.2 Å². The van der Waals surface area contributed by atoms with Gasteiger partial charge in [-0.1, -0.05) is 11.6 Å². The first-order chi connectivity index (χ1) is 8.74. The van der Waals surface area contributed by atoms with Crippen molar-refractivity contribution >= 4 is 27.5 Å². The first kappa shape index (κ1) is 15.9. The maximum absolute atomic E-state index is 12.0. The van der Waals surface area contributed by atoms with Gasteiger partial charge in [0.1, 0.15) is 4.90 Å². The minimum absolute atomic E-state index is 0.0546. The van der Waals surface area contributed by atoms with Crippen LogP contribution in [0.2, 0.25) is 5.02 Å². The average molecular weight is 306 g/mol. The van der Waals surface area contributed by atoms with E-state index in [0.717, 1.165) is 6.20 Å². The topological polar surface area (TPSA) is 88.2 Å². The van der Waals surface area contributed by atoms with E-state index in [1.165, 1.54) is 19.2 Å². The number of amides is 1. The Morgan fingerprint density at radius 3 is 2.53 bits per heavy atom. The first-order valence-corrected chi connectivity index (χ1v) is 7.52. The van der Waals surface area contributed by atoms with E-state index in [1.807, 2.05) is 0 Å². The lowest BCUT2D eigenvalue weighted by atomic mass is 10.3. The van der Waals surface area contributed by atoms with Gasteiger partial charge in [-0.2, -0.15) is 4.72 Å². The Labute approximate surface area is 117 Å². The number of halogens is 1. The fraction of sp³-hybridized carbons (Fsp3) is 0.455. The van der Waals surface area contributed by atoms with Gasteiger partial charge in [-0.3, -0.25) is 9.78 Å². The molecule has 19 heavy (non-hydrogen) atoms. The van der Waals surface area contributed by atoms with Crippen LogP contribution >= 0.6 is 11.6 Å².